The van der Waals surface area contributed by atoms with Crippen LogP contribution in [0.15, 0.2) is 0 Å². The summed E-state index contributed by atoms with van der Waals surface area (Å²) in [6.07, 6.45) is 0.369. The third kappa shape index (κ3) is 8.44. The fraction of sp³-hybridized carbons (Fsp3) is 0.923. The van der Waals surface area contributed by atoms with Crippen molar-refractivity contribution in [1.82, 2.24) is 4.90 Å². The summed E-state index contributed by atoms with van der Waals surface area (Å²) in [6.45, 7) is 13.9. The van der Waals surface area contributed by atoms with Gasteiger partial charge in [0.15, 0.2) is 0 Å². The van der Waals surface area contributed by atoms with Gasteiger partial charge < -0.3 is 14.6 Å². The molecule has 0 fully saturated rings. The topological polar surface area (TPSA) is 59.0 Å². The fourth-order valence-electron chi connectivity index (χ4n) is 1.51. The summed E-state index contributed by atoms with van der Waals surface area (Å²) in [7, 11) is 0. The van der Waals surface area contributed by atoms with E-state index in [1.54, 1.807) is 11.8 Å². The first-order valence-corrected chi connectivity index (χ1v) is 6.66. The van der Waals surface area contributed by atoms with Crippen molar-refractivity contribution in [2.75, 3.05) is 26.3 Å². The predicted octanol–water partition coefficient (Wildman–Crippen LogP) is 1.99. The van der Waals surface area contributed by atoms with Gasteiger partial charge in [-0.25, -0.2) is 4.90 Å². The molecule has 0 aromatic rings. The number of nitrogens with zero attached hydrogens (tertiary/aromatic N) is 1. The van der Waals surface area contributed by atoms with Crippen LogP contribution in [0, 0.1) is 0 Å². The van der Waals surface area contributed by atoms with Crippen LogP contribution in [0.4, 0.5) is 0 Å². The Kier molecular flexibility index (Phi) is 12.5. The molecule has 0 bridgehead atoms. The van der Waals surface area contributed by atoms with E-state index in [-0.39, 0.29) is 0 Å². The monoisotopic (exact) mass is 263 g/mol. The summed E-state index contributed by atoms with van der Waals surface area (Å²) in [5.41, 5.74) is 0. The Morgan fingerprint density at radius 3 is 1.72 bits per heavy atom. The van der Waals surface area contributed by atoms with Gasteiger partial charge in [0.2, 0.25) is 0 Å². The average molecular weight is 263 g/mol. The third-order valence-corrected chi connectivity index (χ3v) is 2.43. The van der Waals surface area contributed by atoms with Gasteiger partial charge in [-0.2, -0.15) is 0 Å². The highest BCUT2D eigenvalue weighted by molar-refractivity contribution is 5.66. The summed E-state index contributed by atoms with van der Waals surface area (Å²) < 4.78 is 9.71. The van der Waals surface area contributed by atoms with Crippen molar-refractivity contribution in [3.8, 4) is 0 Å². The van der Waals surface area contributed by atoms with Gasteiger partial charge in [0.1, 0.15) is 0 Å². The first-order chi connectivity index (χ1) is 8.41. The van der Waals surface area contributed by atoms with Crippen LogP contribution < -0.4 is 0 Å². The maximum atomic E-state index is 10.7. The van der Waals surface area contributed by atoms with Crippen molar-refractivity contribution < 1.29 is 19.4 Å². The number of hydrogen-bond acceptors (Lipinski definition) is 5. The number of esters is 1. The normalized spacial score (nSPS) is 13.6. The van der Waals surface area contributed by atoms with Gasteiger partial charge in [0.25, 0.3) is 5.91 Å². The minimum absolute atomic E-state index is 0.369. The van der Waals surface area contributed by atoms with E-state index in [1.165, 1.54) is 6.92 Å². The predicted molar refractivity (Wildman–Crippen MR) is 72.1 cm³/mol. The second-order valence-corrected chi connectivity index (χ2v) is 3.64. The van der Waals surface area contributed by atoms with Gasteiger partial charge in [-0.15, -0.1) is 0 Å². The third-order valence-electron chi connectivity index (χ3n) is 2.43. The molecule has 1 atom stereocenters. The molecular formula is C13H29NO4. The van der Waals surface area contributed by atoms with Gasteiger partial charge >= 0.3 is 5.97 Å². The smallest absolute Gasteiger partial charge is 0.306 e. The van der Waals surface area contributed by atoms with Crippen molar-refractivity contribution in [2.45, 2.75) is 53.9 Å². The van der Waals surface area contributed by atoms with Crippen molar-refractivity contribution >= 4 is 5.97 Å². The number of ether oxygens (including phenoxy) is 2. The molecule has 0 aromatic carbocycles. The molecule has 5 heteroatoms. The molecule has 0 rings (SSSR count). The summed E-state index contributed by atoms with van der Waals surface area (Å²) >= 11 is 0. The van der Waals surface area contributed by atoms with E-state index >= 15 is 0 Å². The molecule has 0 saturated carbocycles. The molecule has 0 saturated heterocycles. The van der Waals surface area contributed by atoms with Crippen molar-refractivity contribution in [3.63, 3.8) is 0 Å². The van der Waals surface area contributed by atoms with Crippen LogP contribution >= 0.6 is 0 Å². The lowest BCUT2D eigenvalue weighted by molar-refractivity contribution is -0.276. The Morgan fingerprint density at radius 1 is 1.11 bits per heavy atom. The number of carbonyl (C=O) groups is 1. The SMILES string of the molecule is CCN(CC)C(O)(CC)OC(C)=O.CCOCC. The van der Waals surface area contributed by atoms with Crippen LogP contribution in [-0.4, -0.2) is 48.2 Å². The Morgan fingerprint density at radius 2 is 1.56 bits per heavy atom. The molecule has 110 valence electrons. The summed E-state index contributed by atoms with van der Waals surface area (Å²) in [5.74, 6) is -1.90. The molecule has 0 spiro atoms. The lowest BCUT2D eigenvalue weighted by Gasteiger charge is -2.36. The fourth-order valence-corrected chi connectivity index (χ4v) is 1.51. The number of hydrogen-bond donors (Lipinski definition) is 1. The van der Waals surface area contributed by atoms with Crippen LogP contribution in [0.3, 0.4) is 0 Å². The maximum absolute atomic E-state index is 10.7. The van der Waals surface area contributed by atoms with Crippen LogP contribution in [0.5, 0.6) is 0 Å². The molecule has 0 aliphatic rings. The molecule has 0 radical (unpaired) electrons. The molecule has 18 heavy (non-hydrogen) atoms. The minimum Gasteiger partial charge on any atom is -0.419 e. The first-order valence-electron chi connectivity index (χ1n) is 6.66. The van der Waals surface area contributed by atoms with E-state index in [9.17, 15) is 9.90 Å². The first kappa shape index (κ1) is 19.7. The zero-order chi connectivity index (χ0) is 14.6. The lowest BCUT2D eigenvalue weighted by Crippen LogP contribution is -2.51. The van der Waals surface area contributed by atoms with Crippen LogP contribution in [0.2, 0.25) is 0 Å². The second kappa shape index (κ2) is 11.4. The highest BCUT2D eigenvalue weighted by atomic mass is 16.7. The Hall–Kier alpha value is -0.650. The summed E-state index contributed by atoms with van der Waals surface area (Å²) in [5, 5.41) is 9.93. The lowest BCUT2D eigenvalue weighted by atomic mass is 10.3. The Bertz CT molecular complexity index is 205. The highest BCUT2D eigenvalue weighted by Crippen LogP contribution is 2.17. The molecule has 0 heterocycles. The molecule has 1 unspecified atom stereocenters. The Balaban J connectivity index is 0. The average Bonchev–Trinajstić information content (AvgIpc) is 2.31. The second-order valence-electron chi connectivity index (χ2n) is 3.64. The van der Waals surface area contributed by atoms with E-state index < -0.39 is 11.9 Å². The van der Waals surface area contributed by atoms with E-state index in [4.69, 9.17) is 9.47 Å². The van der Waals surface area contributed by atoms with Crippen LogP contribution in [0.1, 0.15) is 48.0 Å². The van der Waals surface area contributed by atoms with Gasteiger partial charge in [0.05, 0.1) is 0 Å². The highest BCUT2D eigenvalue weighted by Gasteiger charge is 2.33. The van der Waals surface area contributed by atoms with E-state index in [2.05, 4.69) is 0 Å². The van der Waals surface area contributed by atoms with E-state index in [0.717, 1.165) is 13.2 Å². The molecule has 0 aliphatic carbocycles. The minimum atomic E-state index is -1.44. The van der Waals surface area contributed by atoms with E-state index in [0.29, 0.717) is 19.5 Å². The molecule has 1 N–H and O–H groups in total. The van der Waals surface area contributed by atoms with Gasteiger partial charge in [-0.1, -0.05) is 20.8 Å². The Labute approximate surface area is 111 Å². The zero-order valence-electron chi connectivity index (χ0n) is 12.7. The molecule has 5 nitrogen and oxygen atoms in total. The number of carbonyl (C=O) groups excluding carboxylic acids is 1. The van der Waals surface area contributed by atoms with Crippen molar-refractivity contribution in [2.24, 2.45) is 0 Å². The summed E-state index contributed by atoms with van der Waals surface area (Å²) in [4.78, 5) is 12.4. The number of aliphatic hydroxyl groups is 1. The molecule has 0 aliphatic heterocycles. The van der Waals surface area contributed by atoms with E-state index in [1.807, 2.05) is 27.7 Å². The van der Waals surface area contributed by atoms with Gasteiger partial charge in [-0.3, -0.25) is 4.79 Å². The molecular weight excluding hydrogens is 234 g/mol. The molecule has 0 aromatic heterocycles. The molecule has 0 amide bonds. The van der Waals surface area contributed by atoms with Crippen molar-refractivity contribution in [1.29, 1.82) is 0 Å². The van der Waals surface area contributed by atoms with Gasteiger partial charge in [0, 0.05) is 39.6 Å². The van der Waals surface area contributed by atoms with Gasteiger partial charge in [-0.05, 0) is 13.8 Å². The summed E-state index contributed by atoms with van der Waals surface area (Å²) in [6, 6.07) is 0. The largest absolute Gasteiger partial charge is 0.419 e. The standard InChI is InChI=1S/C9H19NO3.C4H10O/c1-5-9(12,13-8(4)11)10(6-2)7-3;1-3-5-4-2/h12H,5-7H2,1-4H3;3-4H2,1-2H3. The van der Waals surface area contributed by atoms with Crippen LogP contribution in [0.25, 0.3) is 0 Å². The maximum Gasteiger partial charge on any atom is 0.306 e. The zero-order valence-corrected chi connectivity index (χ0v) is 12.7. The quantitative estimate of drug-likeness (QED) is 0.562. The number of rotatable bonds is 7. The van der Waals surface area contributed by atoms with Crippen LogP contribution in [-0.2, 0) is 14.3 Å². The van der Waals surface area contributed by atoms with Crippen molar-refractivity contribution in [3.05, 3.63) is 0 Å².